The van der Waals surface area contributed by atoms with Gasteiger partial charge in [-0.3, -0.25) is 13.9 Å². The molecule has 0 spiro atoms. The van der Waals surface area contributed by atoms with E-state index < -0.39 is 5.91 Å². The molecule has 0 saturated carbocycles. The SMILES string of the molecule is Cn1c(=O)n(Cc2cccc(C(N)=O)c2)c2ccccc21. The van der Waals surface area contributed by atoms with Gasteiger partial charge in [0, 0.05) is 12.6 Å². The molecule has 5 nitrogen and oxygen atoms in total. The van der Waals surface area contributed by atoms with E-state index in [-0.39, 0.29) is 5.69 Å². The zero-order valence-electron chi connectivity index (χ0n) is 11.6. The van der Waals surface area contributed by atoms with Crippen LogP contribution in [0.4, 0.5) is 0 Å². The van der Waals surface area contributed by atoms with E-state index in [0.717, 1.165) is 16.6 Å². The third-order valence-electron chi connectivity index (χ3n) is 3.60. The zero-order valence-corrected chi connectivity index (χ0v) is 11.6. The highest BCUT2D eigenvalue weighted by Gasteiger charge is 2.10. The molecular weight excluding hydrogens is 266 g/mol. The Morgan fingerprint density at radius 1 is 1.10 bits per heavy atom. The number of benzene rings is 2. The summed E-state index contributed by atoms with van der Waals surface area (Å²) < 4.78 is 3.31. The van der Waals surface area contributed by atoms with Gasteiger partial charge in [-0.2, -0.15) is 0 Å². The summed E-state index contributed by atoms with van der Waals surface area (Å²) in [6, 6.07) is 14.7. The Morgan fingerprint density at radius 3 is 2.52 bits per heavy atom. The summed E-state index contributed by atoms with van der Waals surface area (Å²) in [4.78, 5) is 23.6. The van der Waals surface area contributed by atoms with Gasteiger partial charge >= 0.3 is 5.69 Å². The van der Waals surface area contributed by atoms with Crippen LogP contribution in [0.3, 0.4) is 0 Å². The Hall–Kier alpha value is -2.82. The maximum absolute atomic E-state index is 12.3. The van der Waals surface area contributed by atoms with Crippen LogP contribution in [-0.2, 0) is 13.6 Å². The van der Waals surface area contributed by atoms with Gasteiger partial charge in [0.25, 0.3) is 0 Å². The fourth-order valence-electron chi connectivity index (χ4n) is 2.52. The van der Waals surface area contributed by atoms with E-state index in [2.05, 4.69) is 0 Å². The molecule has 0 aliphatic rings. The van der Waals surface area contributed by atoms with Crippen molar-refractivity contribution in [2.24, 2.45) is 12.8 Å². The maximum atomic E-state index is 12.3. The second-order valence-corrected chi connectivity index (χ2v) is 4.98. The lowest BCUT2D eigenvalue weighted by Crippen LogP contribution is -2.22. The molecule has 0 atom stereocenters. The second kappa shape index (κ2) is 4.94. The van der Waals surface area contributed by atoms with Crippen LogP contribution in [0.15, 0.2) is 53.3 Å². The molecule has 21 heavy (non-hydrogen) atoms. The van der Waals surface area contributed by atoms with E-state index in [4.69, 9.17) is 5.73 Å². The van der Waals surface area contributed by atoms with Crippen LogP contribution in [0.2, 0.25) is 0 Å². The van der Waals surface area contributed by atoms with Crippen molar-refractivity contribution in [2.45, 2.75) is 6.54 Å². The average Bonchev–Trinajstić information content (AvgIpc) is 2.73. The van der Waals surface area contributed by atoms with E-state index in [9.17, 15) is 9.59 Å². The number of imidazole rings is 1. The molecule has 0 fully saturated rings. The van der Waals surface area contributed by atoms with Gasteiger partial charge in [-0.05, 0) is 29.8 Å². The predicted octanol–water partition coefficient (Wildman–Crippen LogP) is 1.49. The highest BCUT2D eigenvalue weighted by molar-refractivity contribution is 5.92. The first-order chi connectivity index (χ1) is 10.1. The van der Waals surface area contributed by atoms with E-state index in [1.807, 2.05) is 30.3 Å². The average molecular weight is 281 g/mol. The number of nitrogens with two attached hydrogens (primary N) is 1. The Morgan fingerprint density at radius 2 is 1.81 bits per heavy atom. The first-order valence-electron chi connectivity index (χ1n) is 6.61. The van der Waals surface area contributed by atoms with Gasteiger partial charge in [0.2, 0.25) is 5.91 Å². The number of rotatable bonds is 3. The van der Waals surface area contributed by atoms with Crippen molar-refractivity contribution >= 4 is 16.9 Å². The molecule has 0 aliphatic carbocycles. The molecule has 0 radical (unpaired) electrons. The van der Waals surface area contributed by atoms with Crippen molar-refractivity contribution in [1.29, 1.82) is 0 Å². The van der Waals surface area contributed by atoms with Crippen LogP contribution in [0.25, 0.3) is 11.0 Å². The first-order valence-corrected chi connectivity index (χ1v) is 6.61. The minimum Gasteiger partial charge on any atom is -0.366 e. The Bertz CT molecular complexity index is 890. The van der Waals surface area contributed by atoms with E-state index in [1.165, 1.54) is 0 Å². The topological polar surface area (TPSA) is 70.0 Å². The molecule has 1 heterocycles. The molecule has 0 saturated heterocycles. The van der Waals surface area contributed by atoms with Crippen LogP contribution >= 0.6 is 0 Å². The van der Waals surface area contributed by atoms with Crippen LogP contribution < -0.4 is 11.4 Å². The molecule has 0 bridgehead atoms. The molecule has 106 valence electrons. The third kappa shape index (κ3) is 2.23. The van der Waals surface area contributed by atoms with Crippen LogP contribution in [-0.4, -0.2) is 15.0 Å². The third-order valence-corrected chi connectivity index (χ3v) is 3.60. The number of aromatic nitrogens is 2. The van der Waals surface area contributed by atoms with Gasteiger partial charge in [0.15, 0.2) is 0 Å². The van der Waals surface area contributed by atoms with Gasteiger partial charge in [-0.25, -0.2) is 4.79 Å². The Balaban J connectivity index is 2.10. The molecular formula is C16H15N3O2. The summed E-state index contributed by atoms with van der Waals surface area (Å²) >= 11 is 0. The molecule has 1 aromatic heterocycles. The number of carbonyl (C=O) groups excluding carboxylic acids is 1. The van der Waals surface area contributed by atoms with E-state index in [1.54, 1.807) is 34.4 Å². The number of carbonyl (C=O) groups is 1. The minimum atomic E-state index is -0.470. The molecule has 0 unspecified atom stereocenters. The fourth-order valence-corrected chi connectivity index (χ4v) is 2.52. The van der Waals surface area contributed by atoms with Gasteiger partial charge in [0.05, 0.1) is 17.6 Å². The summed E-state index contributed by atoms with van der Waals surface area (Å²) in [7, 11) is 1.75. The number of primary amides is 1. The highest BCUT2D eigenvalue weighted by Crippen LogP contribution is 2.14. The summed E-state index contributed by atoms with van der Waals surface area (Å²) in [5, 5.41) is 0. The first kappa shape index (κ1) is 13.2. The summed E-state index contributed by atoms with van der Waals surface area (Å²) in [5.74, 6) is -0.470. The van der Waals surface area contributed by atoms with E-state index >= 15 is 0 Å². The van der Waals surface area contributed by atoms with Crippen molar-refractivity contribution in [3.05, 3.63) is 70.1 Å². The predicted molar refractivity (Wildman–Crippen MR) is 81.2 cm³/mol. The molecule has 3 aromatic rings. The van der Waals surface area contributed by atoms with Gasteiger partial charge < -0.3 is 5.73 Å². The number of aryl methyl sites for hydroxylation is 1. The number of hydrogen-bond acceptors (Lipinski definition) is 2. The van der Waals surface area contributed by atoms with Crippen molar-refractivity contribution in [1.82, 2.24) is 9.13 Å². The van der Waals surface area contributed by atoms with Crippen LogP contribution in [0, 0.1) is 0 Å². The smallest absolute Gasteiger partial charge is 0.329 e. The lowest BCUT2D eigenvalue weighted by molar-refractivity contribution is 0.1000. The van der Waals surface area contributed by atoms with Gasteiger partial charge in [0.1, 0.15) is 0 Å². The van der Waals surface area contributed by atoms with Gasteiger partial charge in [-0.15, -0.1) is 0 Å². The molecule has 2 N–H and O–H groups in total. The highest BCUT2D eigenvalue weighted by atomic mass is 16.2. The Labute approximate surface area is 121 Å². The molecule has 0 aliphatic heterocycles. The number of para-hydroxylation sites is 2. The molecule has 5 heteroatoms. The van der Waals surface area contributed by atoms with Crippen LogP contribution in [0.1, 0.15) is 15.9 Å². The summed E-state index contributed by atoms with van der Waals surface area (Å²) in [5.41, 5.74) is 8.27. The van der Waals surface area contributed by atoms with Gasteiger partial charge in [-0.1, -0.05) is 24.3 Å². The molecule has 2 aromatic carbocycles. The van der Waals surface area contributed by atoms with Crippen molar-refractivity contribution in [2.75, 3.05) is 0 Å². The monoisotopic (exact) mass is 281 g/mol. The fraction of sp³-hybridized carbons (Fsp3) is 0.125. The normalized spacial score (nSPS) is 10.9. The lowest BCUT2D eigenvalue weighted by Gasteiger charge is -2.05. The second-order valence-electron chi connectivity index (χ2n) is 4.98. The maximum Gasteiger partial charge on any atom is 0.329 e. The largest absolute Gasteiger partial charge is 0.366 e. The standard InChI is InChI=1S/C16H15N3O2/c1-18-13-7-2-3-8-14(13)19(16(18)21)10-11-5-4-6-12(9-11)15(17)20/h2-9H,10H2,1H3,(H2,17,20). The van der Waals surface area contributed by atoms with Crippen molar-refractivity contribution in [3.63, 3.8) is 0 Å². The number of hydrogen-bond donors (Lipinski definition) is 1. The molecule has 1 amide bonds. The number of amides is 1. The Kier molecular flexibility index (Phi) is 3.10. The quantitative estimate of drug-likeness (QED) is 0.790. The summed E-state index contributed by atoms with van der Waals surface area (Å²) in [6.45, 7) is 0.404. The van der Waals surface area contributed by atoms with E-state index in [0.29, 0.717) is 12.1 Å². The van der Waals surface area contributed by atoms with Crippen molar-refractivity contribution < 1.29 is 4.79 Å². The lowest BCUT2D eigenvalue weighted by atomic mass is 10.1. The zero-order chi connectivity index (χ0) is 15.0. The van der Waals surface area contributed by atoms with Crippen molar-refractivity contribution in [3.8, 4) is 0 Å². The minimum absolute atomic E-state index is 0.0827. The van der Waals surface area contributed by atoms with Crippen LogP contribution in [0.5, 0.6) is 0 Å². The number of nitrogens with zero attached hydrogens (tertiary/aromatic N) is 2. The summed E-state index contributed by atoms with van der Waals surface area (Å²) in [6.07, 6.45) is 0. The molecule has 3 rings (SSSR count). The number of fused-ring (bicyclic) bond motifs is 1.